The lowest BCUT2D eigenvalue weighted by molar-refractivity contribution is -0.146. The minimum Gasteiger partial charge on any atom is -0.337 e. The molecule has 1 saturated carbocycles. The zero-order valence-electron chi connectivity index (χ0n) is 20.0. The van der Waals surface area contributed by atoms with Crippen molar-refractivity contribution in [2.24, 2.45) is 5.92 Å². The predicted octanol–water partition coefficient (Wildman–Crippen LogP) is 5.65. The molecular formula is C26H35ClN4O3. The molecule has 1 aliphatic heterocycles. The van der Waals surface area contributed by atoms with Crippen molar-refractivity contribution in [1.82, 2.24) is 19.9 Å². The van der Waals surface area contributed by atoms with Crippen LogP contribution in [0.25, 0.3) is 11.4 Å². The average Bonchev–Trinajstić information content (AvgIpc) is 3.37. The summed E-state index contributed by atoms with van der Waals surface area (Å²) in [5.41, 5.74) is 0.778. The van der Waals surface area contributed by atoms with E-state index in [4.69, 9.17) is 16.1 Å². The minimum absolute atomic E-state index is 0.0348. The Morgan fingerprint density at radius 3 is 2.71 bits per heavy atom. The van der Waals surface area contributed by atoms with Gasteiger partial charge in [0.15, 0.2) is 0 Å². The Morgan fingerprint density at radius 1 is 1.15 bits per heavy atom. The van der Waals surface area contributed by atoms with Gasteiger partial charge in [-0.05, 0) is 50.7 Å². The third kappa shape index (κ3) is 5.98. The number of likely N-dealkylation sites (tertiary alicyclic amines) is 1. The smallest absolute Gasteiger partial charge is 0.249 e. The molecule has 1 saturated heterocycles. The highest BCUT2D eigenvalue weighted by Gasteiger charge is 2.34. The van der Waals surface area contributed by atoms with E-state index < -0.39 is 0 Å². The van der Waals surface area contributed by atoms with Gasteiger partial charge in [-0.1, -0.05) is 61.5 Å². The minimum atomic E-state index is -0.264. The Balaban J connectivity index is 1.48. The van der Waals surface area contributed by atoms with E-state index in [1.54, 1.807) is 17.0 Å². The van der Waals surface area contributed by atoms with Gasteiger partial charge in [0.05, 0.1) is 6.54 Å². The standard InChI is InChI=1S/C26H35ClN4O3/c1-2-3-15-30(26(33)19-10-5-4-6-11-19)18-23(32)31-16-8-7-14-22(31)25-28-24(29-34-25)20-12-9-13-21(27)17-20/h9,12-13,17,19,22H,2-8,10-11,14-16,18H2,1H3. The van der Waals surface area contributed by atoms with Crippen LogP contribution >= 0.6 is 11.6 Å². The highest BCUT2D eigenvalue weighted by Crippen LogP contribution is 2.32. The van der Waals surface area contributed by atoms with E-state index in [0.29, 0.717) is 29.8 Å². The maximum Gasteiger partial charge on any atom is 0.249 e. The number of unbranched alkanes of at least 4 members (excludes halogenated alkanes) is 1. The van der Waals surface area contributed by atoms with Gasteiger partial charge >= 0.3 is 0 Å². The molecule has 34 heavy (non-hydrogen) atoms. The van der Waals surface area contributed by atoms with Crippen LogP contribution in [0, 0.1) is 5.92 Å². The zero-order chi connectivity index (χ0) is 23.9. The zero-order valence-corrected chi connectivity index (χ0v) is 20.8. The molecule has 2 aromatic rings. The van der Waals surface area contributed by atoms with Gasteiger partial charge in [-0.25, -0.2) is 0 Å². The normalized spacial score (nSPS) is 19.2. The van der Waals surface area contributed by atoms with E-state index in [1.807, 2.05) is 17.0 Å². The molecule has 2 fully saturated rings. The van der Waals surface area contributed by atoms with Gasteiger partial charge in [0.1, 0.15) is 6.04 Å². The Hall–Kier alpha value is -2.41. The first kappa shape index (κ1) is 24.7. The number of benzene rings is 1. The monoisotopic (exact) mass is 486 g/mol. The van der Waals surface area contributed by atoms with Crippen molar-refractivity contribution in [2.75, 3.05) is 19.6 Å². The van der Waals surface area contributed by atoms with Crippen molar-refractivity contribution in [3.8, 4) is 11.4 Å². The second-order valence-corrected chi connectivity index (χ2v) is 9.95. The molecule has 0 N–H and O–H groups in total. The molecule has 184 valence electrons. The highest BCUT2D eigenvalue weighted by molar-refractivity contribution is 6.30. The topological polar surface area (TPSA) is 79.5 Å². The maximum atomic E-state index is 13.5. The van der Waals surface area contributed by atoms with Crippen LogP contribution < -0.4 is 0 Å². The van der Waals surface area contributed by atoms with Crippen LogP contribution in [0.3, 0.4) is 0 Å². The number of aromatic nitrogens is 2. The van der Waals surface area contributed by atoms with Crippen LogP contribution in [0.5, 0.6) is 0 Å². The Bertz CT molecular complexity index is 972. The molecule has 2 aliphatic rings. The summed E-state index contributed by atoms with van der Waals surface area (Å²) < 4.78 is 5.61. The van der Waals surface area contributed by atoms with Gasteiger partial charge in [0.2, 0.25) is 23.5 Å². The quantitative estimate of drug-likeness (QED) is 0.481. The summed E-state index contributed by atoms with van der Waals surface area (Å²) in [7, 11) is 0. The number of carbonyl (C=O) groups excluding carboxylic acids is 2. The molecule has 0 bridgehead atoms. The molecule has 2 heterocycles. The van der Waals surface area contributed by atoms with E-state index in [-0.39, 0.29) is 30.3 Å². The molecular weight excluding hydrogens is 452 g/mol. The molecule has 1 unspecified atom stereocenters. The fraction of sp³-hybridized carbons (Fsp3) is 0.615. The molecule has 7 nitrogen and oxygen atoms in total. The molecule has 1 aliphatic carbocycles. The third-order valence-electron chi connectivity index (χ3n) is 7.01. The van der Waals surface area contributed by atoms with Crippen LogP contribution in [0.4, 0.5) is 0 Å². The Morgan fingerprint density at radius 2 is 1.94 bits per heavy atom. The Kier molecular flexibility index (Phi) is 8.59. The fourth-order valence-corrected chi connectivity index (χ4v) is 5.27. The highest BCUT2D eigenvalue weighted by atomic mass is 35.5. The lowest BCUT2D eigenvalue weighted by Crippen LogP contribution is -2.47. The second-order valence-electron chi connectivity index (χ2n) is 9.51. The molecule has 2 amide bonds. The second kappa shape index (κ2) is 11.8. The van der Waals surface area contributed by atoms with Crippen molar-refractivity contribution in [1.29, 1.82) is 0 Å². The average molecular weight is 487 g/mol. The summed E-state index contributed by atoms with van der Waals surface area (Å²) in [6.45, 7) is 3.51. The lowest BCUT2D eigenvalue weighted by Gasteiger charge is -2.36. The molecule has 4 rings (SSSR count). The molecule has 0 radical (unpaired) electrons. The van der Waals surface area contributed by atoms with E-state index >= 15 is 0 Å². The maximum absolute atomic E-state index is 13.5. The number of halogens is 1. The third-order valence-corrected chi connectivity index (χ3v) is 7.24. The van der Waals surface area contributed by atoms with Gasteiger partial charge in [-0.15, -0.1) is 0 Å². The fourth-order valence-electron chi connectivity index (χ4n) is 5.08. The largest absolute Gasteiger partial charge is 0.337 e. The number of nitrogens with zero attached hydrogens (tertiary/aromatic N) is 4. The summed E-state index contributed by atoms with van der Waals surface area (Å²) in [5.74, 6) is 1.09. The van der Waals surface area contributed by atoms with Crippen LogP contribution in [0.2, 0.25) is 5.02 Å². The van der Waals surface area contributed by atoms with Crippen LogP contribution in [0.1, 0.15) is 83.1 Å². The van der Waals surface area contributed by atoms with Crippen molar-refractivity contribution in [3.63, 3.8) is 0 Å². The lowest BCUT2D eigenvalue weighted by atomic mass is 9.88. The summed E-state index contributed by atoms with van der Waals surface area (Å²) >= 11 is 6.11. The van der Waals surface area contributed by atoms with Crippen LogP contribution in [-0.2, 0) is 9.59 Å². The molecule has 8 heteroatoms. The van der Waals surface area contributed by atoms with E-state index in [1.165, 1.54) is 6.42 Å². The predicted molar refractivity (Wildman–Crippen MR) is 131 cm³/mol. The molecule has 0 spiro atoms. The van der Waals surface area contributed by atoms with Crippen molar-refractivity contribution < 1.29 is 14.1 Å². The van der Waals surface area contributed by atoms with Gasteiger partial charge in [-0.3, -0.25) is 9.59 Å². The molecule has 1 aromatic carbocycles. The van der Waals surface area contributed by atoms with E-state index in [0.717, 1.165) is 63.4 Å². The number of hydrogen-bond acceptors (Lipinski definition) is 5. The van der Waals surface area contributed by atoms with Gasteiger partial charge in [0, 0.05) is 29.6 Å². The summed E-state index contributed by atoms with van der Waals surface area (Å²) in [4.78, 5) is 35.0. The first-order valence-electron chi connectivity index (χ1n) is 12.7. The van der Waals surface area contributed by atoms with Crippen LogP contribution in [-0.4, -0.2) is 51.4 Å². The summed E-state index contributed by atoms with van der Waals surface area (Å²) in [6.07, 6.45) is 9.88. The van der Waals surface area contributed by atoms with Crippen LogP contribution in [0.15, 0.2) is 28.8 Å². The van der Waals surface area contributed by atoms with Gasteiger partial charge < -0.3 is 14.3 Å². The molecule has 1 atom stereocenters. The summed E-state index contributed by atoms with van der Waals surface area (Å²) in [6, 6.07) is 7.06. The number of carbonyl (C=O) groups is 2. The van der Waals surface area contributed by atoms with Gasteiger partial charge in [0.25, 0.3) is 0 Å². The van der Waals surface area contributed by atoms with Gasteiger partial charge in [-0.2, -0.15) is 4.98 Å². The number of hydrogen-bond donors (Lipinski definition) is 0. The SMILES string of the molecule is CCCCN(CC(=O)N1CCCCC1c1nc(-c2cccc(Cl)c2)no1)C(=O)C1CCCCC1. The summed E-state index contributed by atoms with van der Waals surface area (Å²) in [5, 5.41) is 4.74. The Labute approximate surface area is 206 Å². The van der Waals surface area contributed by atoms with Crippen molar-refractivity contribution in [2.45, 2.75) is 77.2 Å². The van der Waals surface area contributed by atoms with Crippen molar-refractivity contribution in [3.05, 3.63) is 35.2 Å². The van der Waals surface area contributed by atoms with Crippen molar-refractivity contribution >= 4 is 23.4 Å². The number of piperidine rings is 1. The molecule has 1 aromatic heterocycles. The number of amides is 2. The van der Waals surface area contributed by atoms with E-state index in [9.17, 15) is 9.59 Å². The van der Waals surface area contributed by atoms with E-state index in [2.05, 4.69) is 17.1 Å². The number of rotatable bonds is 8. The first-order chi connectivity index (χ1) is 16.6. The first-order valence-corrected chi connectivity index (χ1v) is 13.1.